The highest BCUT2D eigenvalue weighted by Gasteiger charge is 2.26. The van der Waals surface area contributed by atoms with E-state index in [-0.39, 0.29) is 0 Å². The number of nitrogens with zero attached hydrogens (tertiary/aromatic N) is 3. The average molecular weight is 391 g/mol. The van der Waals surface area contributed by atoms with Crippen LogP contribution in [0.1, 0.15) is 0 Å². The molecule has 2 aromatic carbocycles. The highest BCUT2D eigenvalue weighted by molar-refractivity contribution is 8.05. The van der Waals surface area contributed by atoms with E-state index in [9.17, 15) is 4.79 Å². The van der Waals surface area contributed by atoms with Gasteiger partial charge >= 0.3 is 0 Å². The maximum absolute atomic E-state index is 11.1. The summed E-state index contributed by atoms with van der Waals surface area (Å²) in [5.74, 6) is 0. The van der Waals surface area contributed by atoms with E-state index in [0.717, 1.165) is 17.4 Å². The fourth-order valence-electron chi connectivity index (χ4n) is 3.38. The van der Waals surface area contributed by atoms with Crippen molar-refractivity contribution in [1.82, 2.24) is 9.88 Å². The molecular formula is C21H16N3OS2+. The molecule has 132 valence electrons. The summed E-state index contributed by atoms with van der Waals surface area (Å²) in [7, 11) is 1.79. The van der Waals surface area contributed by atoms with E-state index in [4.69, 9.17) is 0 Å². The van der Waals surface area contributed by atoms with E-state index in [1.54, 1.807) is 23.7 Å². The summed E-state index contributed by atoms with van der Waals surface area (Å²) < 4.78 is 2.13. The number of aromatic nitrogens is 2. The second-order valence-electron chi connectivity index (χ2n) is 6.49. The Balaban J connectivity index is 1.72. The van der Waals surface area contributed by atoms with Gasteiger partial charge in [0.1, 0.15) is 0 Å². The van der Waals surface area contributed by atoms with Crippen LogP contribution >= 0.6 is 23.5 Å². The Morgan fingerprint density at radius 3 is 2.59 bits per heavy atom. The molecule has 2 aromatic heterocycles. The molecule has 4 aromatic rings. The van der Waals surface area contributed by atoms with Crippen LogP contribution in [0.3, 0.4) is 0 Å². The normalized spacial score (nSPS) is 12.6. The van der Waals surface area contributed by atoms with E-state index in [1.165, 1.54) is 30.4 Å². The molecular weight excluding hydrogens is 374 g/mol. The second kappa shape index (κ2) is 6.55. The first-order valence-electron chi connectivity index (χ1n) is 8.59. The predicted octanol–water partition coefficient (Wildman–Crippen LogP) is 4.34. The smallest absolute Gasteiger partial charge is 0.226 e. The Morgan fingerprint density at radius 1 is 1.00 bits per heavy atom. The maximum Gasteiger partial charge on any atom is 0.226 e. The number of fused-ring (bicyclic) bond motifs is 6. The monoisotopic (exact) mass is 390 g/mol. The Morgan fingerprint density at radius 2 is 1.74 bits per heavy atom. The van der Waals surface area contributed by atoms with Gasteiger partial charge in [-0.3, -0.25) is 14.7 Å². The quantitative estimate of drug-likeness (QED) is 0.339. The fraction of sp³-hybridized carbons (Fsp3) is 0.0952. The number of para-hydroxylation sites is 2. The third-order valence-corrected chi connectivity index (χ3v) is 7.23. The summed E-state index contributed by atoms with van der Waals surface area (Å²) in [4.78, 5) is 22.3. The van der Waals surface area contributed by atoms with Crippen LogP contribution in [0.25, 0.3) is 21.8 Å². The molecule has 0 N–H and O–H groups in total. The van der Waals surface area contributed by atoms with Crippen molar-refractivity contribution in [2.45, 2.75) is 26.3 Å². The maximum atomic E-state index is 11.1. The van der Waals surface area contributed by atoms with Gasteiger partial charge in [0.25, 0.3) is 0 Å². The molecule has 0 bridgehead atoms. The van der Waals surface area contributed by atoms with Crippen LogP contribution in [0, 0.1) is 0 Å². The number of pyridine rings is 2. The molecule has 4 nitrogen and oxygen atoms in total. The minimum atomic E-state index is 0.519. The van der Waals surface area contributed by atoms with Gasteiger partial charge in [0.15, 0.2) is 6.20 Å². The first-order chi connectivity index (χ1) is 13.2. The minimum Gasteiger partial charge on any atom is -0.293 e. The van der Waals surface area contributed by atoms with E-state index in [0.29, 0.717) is 6.67 Å². The van der Waals surface area contributed by atoms with Crippen LogP contribution in [0.4, 0.5) is 0 Å². The van der Waals surface area contributed by atoms with Gasteiger partial charge in [0.05, 0.1) is 15.8 Å². The van der Waals surface area contributed by atoms with Crippen molar-refractivity contribution in [1.29, 1.82) is 0 Å². The molecule has 0 saturated carbocycles. The van der Waals surface area contributed by atoms with E-state index < -0.39 is 0 Å². The van der Waals surface area contributed by atoms with Crippen LogP contribution in [0.15, 0.2) is 80.5 Å². The molecule has 6 heteroatoms. The molecule has 1 aliphatic heterocycles. The van der Waals surface area contributed by atoms with Crippen molar-refractivity contribution in [2.75, 3.05) is 7.05 Å². The van der Waals surface area contributed by atoms with Gasteiger partial charge in [-0.1, -0.05) is 53.9 Å². The number of amides is 1. The number of carbonyl (C=O) groups excluding carboxylic acids is 1. The van der Waals surface area contributed by atoms with Gasteiger partial charge in [0, 0.05) is 39.4 Å². The fourth-order valence-corrected chi connectivity index (χ4v) is 5.89. The number of hydrogen-bond acceptors (Lipinski definition) is 4. The molecule has 27 heavy (non-hydrogen) atoms. The van der Waals surface area contributed by atoms with Crippen molar-refractivity contribution in [3.63, 3.8) is 0 Å². The molecule has 0 spiro atoms. The lowest BCUT2D eigenvalue weighted by molar-refractivity contribution is -0.688. The molecule has 0 aliphatic carbocycles. The Kier molecular flexibility index (Phi) is 4.02. The minimum absolute atomic E-state index is 0.519. The van der Waals surface area contributed by atoms with Crippen molar-refractivity contribution in [3.05, 3.63) is 60.9 Å². The Hall–Kier alpha value is -2.57. The Labute approximate surface area is 165 Å². The van der Waals surface area contributed by atoms with Gasteiger partial charge in [-0.2, -0.15) is 4.57 Å². The van der Waals surface area contributed by atoms with Gasteiger partial charge in [-0.05, 0) is 12.1 Å². The van der Waals surface area contributed by atoms with E-state index in [1.807, 2.05) is 30.1 Å². The molecule has 0 radical (unpaired) electrons. The van der Waals surface area contributed by atoms with Crippen LogP contribution < -0.4 is 4.57 Å². The van der Waals surface area contributed by atoms with Crippen LogP contribution in [0.2, 0.25) is 0 Å². The number of benzene rings is 2. The highest BCUT2D eigenvalue weighted by Crippen LogP contribution is 2.51. The lowest BCUT2D eigenvalue weighted by Crippen LogP contribution is -2.42. The van der Waals surface area contributed by atoms with E-state index >= 15 is 0 Å². The molecule has 5 rings (SSSR count). The molecule has 1 aliphatic rings. The largest absolute Gasteiger partial charge is 0.293 e. The zero-order valence-electron chi connectivity index (χ0n) is 14.6. The molecule has 0 saturated heterocycles. The molecule has 0 fully saturated rings. The lowest BCUT2D eigenvalue weighted by atomic mass is 10.2. The lowest BCUT2D eigenvalue weighted by Gasteiger charge is -2.20. The SMILES string of the molecule is CN(C=O)C[n+]1cc2c(c3ccccc31)Sc1c(cnc3ccccc13)S2. The average Bonchev–Trinajstić information content (AvgIpc) is 2.72. The number of rotatable bonds is 3. The summed E-state index contributed by atoms with van der Waals surface area (Å²) in [6.07, 6.45) is 4.97. The van der Waals surface area contributed by atoms with Gasteiger partial charge in [0.2, 0.25) is 18.6 Å². The Bertz CT molecular complexity index is 1210. The zero-order chi connectivity index (χ0) is 18.4. The highest BCUT2D eigenvalue weighted by atomic mass is 32.2. The molecule has 1 amide bonds. The summed E-state index contributed by atoms with van der Waals surface area (Å²) >= 11 is 3.57. The summed E-state index contributed by atoms with van der Waals surface area (Å²) in [6, 6.07) is 16.7. The van der Waals surface area contributed by atoms with Gasteiger partial charge in [-0.15, -0.1) is 0 Å². The molecule has 0 atom stereocenters. The van der Waals surface area contributed by atoms with Crippen molar-refractivity contribution >= 4 is 51.7 Å². The third kappa shape index (κ3) is 2.76. The number of carbonyl (C=O) groups is 1. The van der Waals surface area contributed by atoms with E-state index in [2.05, 4.69) is 52.1 Å². The predicted molar refractivity (Wildman–Crippen MR) is 108 cm³/mol. The topological polar surface area (TPSA) is 37.1 Å². The third-order valence-electron chi connectivity index (χ3n) is 4.63. The van der Waals surface area contributed by atoms with Crippen LogP contribution in [0.5, 0.6) is 0 Å². The summed E-state index contributed by atoms with van der Waals surface area (Å²) in [5, 5.41) is 2.40. The number of hydrogen-bond donors (Lipinski definition) is 0. The van der Waals surface area contributed by atoms with Crippen LogP contribution in [-0.2, 0) is 11.5 Å². The van der Waals surface area contributed by atoms with Gasteiger partial charge in [-0.25, -0.2) is 0 Å². The second-order valence-corrected chi connectivity index (χ2v) is 8.59. The molecule has 3 heterocycles. The van der Waals surface area contributed by atoms with Gasteiger partial charge < -0.3 is 0 Å². The zero-order valence-corrected chi connectivity index (χ0v) is 16.3. The van der Waals surface area contributed by atoms with Crippen LogP contribution in [-0.4, -0.2) is 23.3 Å². The van der Waals surface area contributed by atoms with Crippen molar-refractivity contribution in [3.8, 4) is 0 Å². The first-order valence-corrected chi connectivity index (χ1v) is 10.2. The van der Waals surface area contributed by atoms with Crippen molar-refractivity contribution in [2.24, 2.45) is 0 Å². The van der Waals surface area contributed by atoms with Crippen molar-refractivity contribution < 1.29 is 9.36 Å². The summed E-state index contributed by atoms with van der Waals surface area (Å²) in [6.45, 7) is 0.519. The molecule has 0 unspecified atom stereocenters. The summed E-state index contributed by atoms with van der Waals surface area (Å²) in [5.41, 5.74) is 2.15. The first kappa shape index (κ1) is 16.6. The standard InChI is InChI=1S/C21H16N3OS2/c1-23(13-25)12-24-11-19-21(15-7-3-5-9-17(15)24)27-20-14-6-2-4-8-16(14)22-10-18(20)26-19/h2-11,13H,12H2,1H3/q+1.